The molecule has 1 aromatic rings. The maximum Gasteiger partial charge on any atom is 0.279 e. The minimum absolute atomic E-state index is 0.266. The van der Waals surface area contributed by atoms with E-state index in [0.29, 0.717) is 11.3 Å². The summed E-state index contributed by atoms with van der Waals surface area (Å²) in [6, 6.07) is 5.08. The van der Waals surface area contributed by atoms with Crippen LogP contribution in [0.1, 0.15) is 10.4 Å². The van der Waals surface area contributed by atoms with E-state index >= 15 is 0 Å². The fourth-order valence-corrected chi connectivity index (χ4v) is 1.36. The quantitative estimate of drug-likeness (QED) is 0.649. The average molecular weight is 259 g/mol. The number of hydrogen-bond donors (Lipinski definition) is 1. The number of carbonyl (C=O) groups is 1. The maximum atomic E-state index is 11.6. The molecule has 0 saturated heterocycles. The van der Waals surface area contributed by atoms with Crippen molar-refractivity contribution in [2.24, 2.45) is 0 Å². The van der Waals surface area contributed by atoms with Gasteiger partial charge >= 0.3 is 0 Å². The van der Waals surface area contributed by atoms with Gasteiger partial charge in [-0.1, -0.05) is 15.9 Å². The van der Waals surface area contributed by atoms with Gasteiger partial charge in [-0.25, -0.2) is 5.06 Å². The van der Waals surface area contributed by atoms with Crippen molar-refractivity contribution in [1.82, 2.24) is 5.06 Å². The molecule has 0 aromatic heterocycles. The number of anilines is 1. The van der Waals surface area contributed by atoms with Crippen LogP contribution in [0.4, 0.5) is 5.69 Å². The van der Waals surface area contributed by atoms with Gasteiger partial charge in [-0.3, -0.25) is 9.63 Å². The van der Waals surface area contributed by atoms with E-state index in [9.17, 15) is 4.79 Å². The van der Waals surface area contributed by atoms with Crippen LogP contribution in [-0.4, -0.2) is 25.1 Å². The Bertz CT molecular complexity index is 355. The second kappa shape index (κ2) is 4.43. The van der Waals surface area contributed by atoms with Gasteiger partial charge in [0.15, 0.2) is 0 Å². The van der Waals surface area contributed by atoms with Crippen LogP contribution in [0.5, 0.6) is 0 Å². The molecule has 14 heavy (non-hydrogen) atoms. The number of nitrogen functional groups attached to an aromatic ring is 1. The smallest absolute Gasteiger partial charge is 0.279 e. The topological polar surface area (TPSA) is 55.6 Å². The molecule has 0 aliphatic carbocycles. The molecule has 0 radical (unpaired) electrons. The van der Waals surface area contributed by atoms with Crippen LogP contribution in [-0.2, 0) is 4.84 Å². The molecule has 0 aliphatic rings. The van der Waals surface area contributed by atoms with Gasteiger partial charge in [0.25, 0.3) is 5.91 Å². The average Bonchev–Trinajstić information content (AvgIpc) is 2.15. The summed E-state index contributed by atoms with van der Waals surface area (Å²) in [4.78, 5) is 16.4. The molecule has 0 aliphatic heterocycles. The number of nitrogens with two attached hydrogens (primary N) is 1. The van der Waals surface area contributed by atoms with Gasteiger partial charge in [0, 0.05) is 17.2 Å². The predicted octanol–water partition coefficient (Wildman–Crippen LogP) is 1.66. The molecule has 5 heteroatoms. The van der Waals surface area contributed by atoms with Crippen LogP contribution < -0.4 is 5.73 Å². The van der Waals surface area contributed by atoms with Crippen molar-refractivity contribution in [3.63, 3.8) is 0 Å². The number of amides is 1. The fourth-order valence-electron chi connectivity index (χ4n) is 0.981. The number of hydroxylamine groups is 2. The number of carbonyl (C=O) groups excluding carboxylic acids is 1. The van der Waals surface area contributed by atoms with Gasteiger partial charge < -0.3 is 5.73 Å². The Hall–Kier alpha value is -1.07. The molecular weight excluding hydrogens is 248 g/mol. The summed E-state index contributed by atoms with van der Waals surface area (Å²) in [5, 5.41) is 1.12. The largest absolute Gasteiger partial charge is 0.398 e. The number of nitrogens with zero attached hydrogens (tertiary/aromatic N) is 1. The molecule has 0 atom stereocenters. The van der Waals surface area contributed by atoms with Crippen molar-refractivity contribution in [3.8, 4) is 0 Å². The van der Waals surface area contributed by atoms with E-state index in [1.165, 1.54) is 14.2 Å². The van der Waals surface area contributed by atoms with Gasteiger partial charge in [-0.15, -0.1) is 0 Å². The van der Waals surface area contributed by atoms with E-state index in [0.717, 1.165) is 9.54 Å². The summed E-state index contributed by atoms with van der Waals surface area (Å²) in [5.74, 6) is -0.266. The number of halogens is 1. The summed E-state index contributed by atoms with van der Waals surface area (Å²) in [6.07, 6.45) is 0. The minimum atomic E-state index is -0.266. The lowest BCUT2D eigenvalue weighted by Gasteiger charge is -2.14. The Balaban J connectivity index is 3.02. The van der Waals surface area contributed by atoms with Crippen LogP contribution in [0.25, 0.3) is 0 Å². The van der Waals surface area contributed by atoms with Crippen molar-refractivity contribution < 1.29 is 9.63 Å². The molecule has 0 saturated carbocycles. The zero-order valence-corrected chi connectivity index (χ0v) is 9.54. The predicted molar refractivity (Wildman–Crippen MR) is 57.7 cm³/mol. The second-order valence-corrected chi connectivity index (χ2v) is 3.63. The number of benzene rings is 1. The number of hydrogen-bond acceptors (Lipinski definition) is 3. The van der Waals surface area contributed by atoms with Crippen LogP contribution in [0.15, 0.2) is 22.7 Å². The van der Waals surface area contributed by atoms with Crippen molar-refractivity contribution in [2.45, 2.75) is 0 Å². The summed E-state index contributed by atoms with van der Waals surface area (Å²) in [5.41, 5.74) is 6.53. The highest BCUT2D eigenvalue weighted by Crippen LogP contribution is 2.19. The lowest BCUT2D eigenvalue weighted by Crippen LogP contribution is -2.26. The Morgan fingerprint density at radius 1 is 1.57 bits per heavy atom. The van der Waals surface area contributed by atoms with Crippen molar-refractivity contribution in [1.29, 1.82) is 0 Å². The molecule has 4 nitrogen and oxygen atoms in total. The molecule has 0 fully saturated rings. The highest BCUT2D eigenvalue weighted by Gasteiger charge is 2.14. The molecule has 1 aromatic carbocycles. The molecule has 0 bridgehead atoms. The van der Waals surface area contributed by atoms with Crippen molar-refractivity contribution >= 4 is 27.5 Å². The SMILES string of the molecule is CON(C)C(=O)c1ccc(Br)cc1N. The zero-order valence-electron chi connectivity index (χ0n) is 7.95. The maximum absolute atomic E-state index is 11.6. The van der Waals surface area contributed by atoms with Crippen molar-refractivity contribution in [2.75, 3.05) is 19.9 Å². The van der Waals surface area contributed by atoms with Crippen LogP contribution in [0, 0.1) is 0 Å². The van der Waals surface area contributed by atoms with E-state index in [2.05, 4.69) is 15.9 Å². The Morgan fingerprint density at radius 2 is 2.21 bits per heavy atom. The van der Waals surface area contributed by atoms with Crippen LogP contribution >= 0.6 is 15.9 Å². The molecule has 0 spiro atoms. The summed E-state index contributed by atoms with van der Waals surface area (Å²) >= 11 is 3.26. The molecule has 1 amide bonds. The van der Waals surface area contributed by atoms with Gasteiger partial charge in [0.1, 0.15) is 0 Å². The third kappa shape index (κ3) is 2.24. The van der Waals surface area contributed by atoms with E-state index in [1.807, 2.05) is 0 Å². The molecular formula is C9H11BrN2O2. The Morgan fingerprint density at radius 3 is 2.71 bits per heavy atom. The molecule has 0 unspecified atom stereocenters. The first-order valence-electron chi connectivity index (χ1n) is 3.93. The summed E-state index contributed by atoms with van der Waals surface area (Å²) in [6.45, 7) is 0. The molecule has 1 rings (SSSR count). The first-order chi connectivity index (χ1) is 6.56. The van der Waals surface area contributed by atoms with Gasteiger partial charge in [0.05, 0.1) is 12.7 Å². The third-order valence-electron chi connectivity index (χ3n) is 1.80. The summed E-state index contributed by atoms with van der Waals surface area (Å²) < 4.78 is 0.839. The lowest BCUT2D eigenvalue weighted by atomic mass is 10.2. The third-order valence-corrected chi connectivity index (χ3v) is 2.30. The molecule has 76 valence electrons. The first-order valence-corrected chi connectivity index (χ1v) is 4.72. The van der Waals surface area contributed by atoms with E-state index in [1.54, 1.807) is 18.2 Å². The number of rotatable bonds is 2. The van der Waals surface area contributed by atoms with E-state index < -0.39 is 0 Å². The van der Waals surface area contributed by atoms with Gasteiger partial charge in [0.2, 0.25) is 0 Å². The van der Waals surface area contributed by atoms with Crippen LogP contribution in [0.2, 0.25) is 0 Å². The molecule has 2 N–H and O–H groups in total. The normalized spacial score (nSPS) is 9.93. The van der Waals surface area contributed by atoms with Gasteiger partial charge in [-0.05, 0) is 18.2 Å². The van der Waals surface area contributed by atoms with Gasteiger partial charge in [-0.2, -0.15) is 0 Å². The minimum Gasteiger partial charge on any atom is -0.398 e. The van der Waals surface area contributed by atoms with E-state index in [-0.39, 0.29) is 5.91 Å². The second-order valence-electron chi connectivity index (χ2n) is 2.72. The van der Waals surface area contributed by atoms with Crippen LogP contribution in [0.3, 0.4) is 0 Å². The zero-order chi connectivity index (χ0) is 10.7. The van der Waals surface area contributed by atoms with Crippen molar-refractivity contribution in [3.05, 3.63) is 28.2 Å². The highest BCUT2D eigenvalue weighted by atomic mass is 79.9. The molecule has 0 heterocycles. The Kier molecular flexibility index (Phi) is 3.49. The fraction of sp³-hybridized carbons (Fsp3) is 0.222. The standard InChI is InChI=1S/C9H11BrN2O2/c1-12(14-2)9(13)7-4-3-6(10)5-8(7)11/h3-5H,11H2,1-2H3. The van der Waals surface area contributed by atoms with E-state index in [4.69, 9.17) is 10.6 Å². The first kappa shape index (κ1) is 11.0. The monoisotopic (exact) mass is 258 g/mol. The lowest BCUT2D eigenvalue weighted by molar-refractivity contribution is -0.0756. The highest BCUT2D eigenvalue weighted by molar-refractivity contribution is 9.10. The summed E-state index contributed by atoms with van der Waals surface area (Å²) in [7, 11) is 2.96. The Labute approximate surface area is 90.7 Å².